The maximum atomic E-state index is 13.2. The molecule has 0 radical (unpaired) electrons. The van der Waals surface area contributed by atoms with Crippen LogP contribution in [0.1, 0.15) is 17.5 Å². The van der Waals surface area contributed by atoms with E-state index in [1.54, 1.807) is 12.1 Å². The number of aromatic nitrogens is 2. The molecule has 2 aromatic rings. The highest BCUT2D eigenvalue weighted by molar-refractivity contribution is 7.17. The third kappa shape index (κ3) is 4.03. The molecule has 0 fully saturated rings. The van der Waals surface area contributed by atoms with Crippen LogP contribution in [0.5, 0.6) is 0 Å². The maximum absolute atomic E-state index is 13.2. The van der Waals surface area contributed by atoms with E-state index in [0.717, 1.165) is 11.3 Å². The predicted molar refractivity (Wildman–Crippen MR) is 80.1 cm³/mol. The zero-order chi connectivity index (χ0) is 17.0. The van der Waals surface area contributed by atoms with E-state index in [-0.39, 0.29) is 15.6 Å². The van der Waals surface area contributed by atoms with Gasteiger partial charge in [-0.1, -0.05) is 0 Å². The van der Waals surface area contributed by atoms with Gasteiger partial charge >= 0.3 is 12.2 Å². The van der Waals surface area contributed by atoms with Crippen molar-refractivity contribution in [2.24, 2.45) is 5.10 Å². The van der Waals surface area contributed by atoms with E-state index in [1.165, 1.54) is 26.4 Å². The fraction of sp³-hybridized carbons (Fsp3) is 0.231. The number of amides is 2. The summed E-state index contributed by atoms with van der Waals surface area (Å²) < 4.78 is 39.5. The van der Waals surface area contributed by atoms with E-state index in [2.05, 4.69) is 25.8 Å². The highest BCUT2D eigenvalue weighted by Crippen LogP contribution is 2.37. The zero-order valence-electron chi connectivity index (χ0n) is 12.1. The number of hydrazone groups is 1. The molecule has 0 saturated heterocycles. The molecule has 0 spiro atoms. The summed E-state index contributed by atoms with van der Waals surface area (Å²) in [5.74, 6) is 0. The first-order valence-corrected chi connectivity index (χ1v) is 7.15. The molecule has 0 bridgehead atoms. The highest BCUT2D eigenvalue weighted by atomic mass is 32.1. The Kier molecular flexibility index (Phi) is 4.94. The second-order valence-electron chi connectivity index (χ2n) is 4.32. The zero-order valence-corrected chi connectivity index (χ0v) is 12.9. The molecule has 2 heterocycles. The highest BCUT2D eigenvalue weighted by Gasteiger charge is 2.38. The molecule has 2 rings (SSSR count). The van der Waals surface area contributed by atoms with Gasteiger partial charge in [-0.3, -0.25) is 4.98 Å². The van der Waals surface area contributed by atoms with Crippen LogP contribution in [0.4, 0.5) is 18.0 Å². The molecule has 2 N–H and O–H groups in total. The second kappa shape index (κ2) is 6.73. The fourth-order valence-electron chi connectivity index (χ4n) is 1.61. The summed E-state index contributed by atoms with van der Waals surface area (Å²) in [5.41, 5.74) is 1.54. The predicted octanol–water partition coefficient (Wildman–Crippen LogP) is 2.88. The molecular weight excluding hydrogens is 331 g/mol. The molecule has 0 aliphatic rings. The monoisotopic (exact) mass is 343 g/mol. The van der Waals surface area contributed by atoms with Crippen LogP contribution in [0, 0.1) is 0 Å². The van der Waals surface area contributed by atoms with Crippen molar-refractivity contribution >= 4 is 23.1 Å². The van der Waals surface area contributed by atoms with Crippen molar-refractivity contribution in [1.82, 2.24) is 20.7 Å². The van der Waals surface area contributed by atoms with Crippen LogP contribution in [0.3, 0.4) is 0 Å². The number of nitrogens with one attached hydrogen (secondary N) is 2. The number of rotatable bonds is 3. The average molecular weight is 343 g/mol. The number of hydrogen-bond donors (Lipinski definition) is 2. The number of carbonyl (C=O) groups is 1. The summed E-state index contributed by atoms with van der Waals surface area (Å²) >= 11 is 0.833. The summed E-state index contributed by atoms with van der Waals surface area (Å²) in [6.07, 6.45) is -1.68. The van der Waals surface area contributed by atoms with Crippen molar-refractivity contribution in [2.75, 3.05) is 7.05 Å². The topological polar surface area (TPSA) is 79.3 Å². The first-order chi connectivity index (χ1) is 10.8. The molecule has 23 heavy (non-hydrogen) atoms. The number of alkyl halides is 3. The molecule has 122 valence electrons. The van der Waals surface area contributed by atoms with Crippen molar-refractivity contribution in [3.63, 3.8) is 0 Å². The van der Waals surface area contributed by atoms with Crippen molar-refractivity contribution in [1.29, 1.82) is 0 Å². The minimum atomic E-state index is -4.63. The van der Waals surface area contributed by atoms with E-state index in [4.69, 9.17) is 0 Å². The van der Waals surface area contributed by atoms with Gasteiger partial charge in [0.2, 0.25) is 0 Å². The van der Waals surface area contributed by atoms with Gasteiger partial charge in [0.1, 0.15) is 5.01 Å². The van der Waals surface area contributed by atoms with E-state index in [9.17, 15) is 18.0 Å². The fourth-order valence-corrected chi connectivity index (χ4v) is 2.63. The maximum Gasteiger partial charge on any atom is 0.434 e. The standard InChI is InChI=1S/C13H12F3N5OS/c1-7(20-21-12(22)17-2)9-10(13(14,15)16)19-11(23-9)8-4-3-5-18-6-8/h3-6H,1-2H3,(H2,17,21,22)/b20-7+. The Bertz CT molecular complexity index is 727. The average Bonchev–Trinajstić information content (AvgIpc) is 2.98. The summed E-state index contributed by atoms with van der Waals surface area (Å²) in [4.78, 5) is 18.5. The van der Waals surface area contributed by atoms with Gasteiger partial charge in [-0.05, 0) is 19.1 Å². The molecule has 2 amide bonds. The van der Waals surface area contributed by atoms with Gasteiger partial charge in [-0.2, -0.15) is 18.3 Å². The van der Waals surface area contributed by atoms with Crippen LogP contribution in [-0.2, 0) is 6.18 Å². The Morgan fingerprint density at radius 3 is 2.70 bits per heavy atom. The van der Waals surface area contributed by atoms with Gasteiger partial charge in [-0.25, -0.2) is 15.2 Å². The van der Waals surface area contributed by atoms with Crippen molar-refractivity contribution in [2.45, 2.75) is 13.1 Å². The summed E-state index contributed by atoms with van der Waals surface area (Å²) in [6.45, 7) is 1.37. The van der Waals surface area contributed by atoms with Gasteiger partial charge < -0.3 is 5.32 Å². The smallest absolute Gasteiger partial charge is 0.340 e. The van der Waals surface area contributed by atoms with E-state index in [1.807, 2.05) is 0 Å². The number of hydrogen-bond acceptors (Lipinski definition) is 5. The molecule has 10 heteroatoms. The Labute approximate surface area is 133 Å². The summed E-state index contributed by atoms with van der Waals surface area (Å²) in [5, 5.41) is 6.08. The van der Waals surface area contributed by atoms with Crippen molar-refractivity contribution in [3.05, 3.63) is 35.1 Å². The molecule has 0 unspecified atom stereocenters. The molecular formula is C13H12F3N5OS. The largest absolute Gasteiger partial charge is 0.434 e. The van der Waals surface area contributed by atoms with Crippen LogP contribution in [-0.4, -0.2) is 28.8 Å². The minimum absolute atomic E-state index is 0.00793. The third-order valence-corrected chi connectivity index (χ3v) is 3.90. The second-order valence-corrected chi connectivity index (χ2v) is 5.32. The van der Waals surface area contributed by atoms with Crippen molar-refractivity contribution < 1.29 is 18.0 Å². The lowest BCUT2D eigenvalue weighted by Gasteiger charge is -2.05. The van der Waals surface area contributed by atoms with E-state index in [0.29, 0.717) is 5.56 Å². The number of pyridine rings is 1. The number of thiazole rings is 1. The first-order valence-electron chi connectivity index (χ1n) is 6.33. The van der Waals surface area contributed by atoms with Gasteiger partial charge in [0.15, 0.2) is 5.69 Å². The van der Waals surface area contributed by atoms with Crippen molar-refractivity contribution in [3.8, 4) is 10.6 Å². The van der Waals surface area contributed by atoms with Gasteiger partial charge in [0, 0.05) is 25.0 Å². The number of nitrogens with zero attached hydrogens (tertiary/aromatic N) is 3. The van der Waals surface area contributed by atoms with Crippen LogP contribution in [0.15, 0.2) is 29.6 Å². The minimum Gasteiger partial charge on any atom is -0.340 e. The Morgan fingerprint density at radius 2 is 2.13 bits per heavy atom. The van der Waals surface area contributed by atoms with Gasteiger partial charge in [-0.15, -0.1) is 11.3 Å². The normalized spacial score (nSPS) is 12.1. The molecule has 6 nitrogen and oxygen atoms in total. The number of carbonyl (C=O) groups excluding carboxylic acids is 1. The lowest BCUT2D eigenvalue weighted by atomic mass is 10.2. The van der Waals surface area contributed by atoms with E-state index < -0.39 is 17.9 Å². The first kappa shape index (κ1) is 16.9. The Morgan fingerprint density at radius 1 is 1.39 bits per heavy atom. The quantitative estimate of drug-likeness (QED) is 0.664. The lowest BCUT2D eigenvalue weighted by Crippen LogP contribution is -2.29. The third-order valence-electron chi connectivity index (χ3n) is 2.68. The summed E-state index contributed by atoms with van der Waals surface area (Å²) in [6, 6.07) is 2.60. The Hall–Kier alpha value is -2.49. The van der Waals surface area contributed by atoms with Crippen LogP contribution in [0.25, 0.3) is 10.6 Å². The van der Waals surface area contributed by atoms with Crippen LogP contribution >= 0.6 is 11.3 Å². The van der Waals surface area contributed by atoms with E-state index >= 15 is 0 Å². The molecule has 0 saturated carbocycles. The lowest BCUT2D eigenvalue weighted by molar-refractivity contribution is -0.140. The SMILES string of the molecule is CNC(=O)N/N=C(\C)c1sc(-c2cccnc2)nc1C(F)(F)F. The molecule has 0 aliphatic carbocycles. The molecule has 0 aromatic carbocycles. The van der Waals surface area contributed by atoms with Gasteiger partial charge in [0.05, 0.1) is 10.6 Å². The number of urea groups is 1. The van der Waals surface area contributed by atoms with Crippen LogP contribution < -0.4 is 10.7 Å². The molecule has 0 aliphatic heterocycles. The van der Waals surface area contributed by atoms with Crippen LogP contribution in [0.2, 0.25) is 0 Å². The molecule has 0 atom stereocenters. The summed E-state index contributed by atoms with van der Waals surface area (Å²) in [7, 11) is 1.37. The Balaban J connectivity index is 2.45. The molecule has 2 aromatic heterocycles. The van der Waals surface area contributed by atoms with Gasteiger partial charge in [0.25, 0.3) is 0 Å². The number of halogens is 3.